The van der Waals surface area contributed by atoms with Crippen molar-refractivity contribution in [1.29, 1.82) is 0 Å². The zero-order valence-corrected chi connectivity index (χ0v) is 9.26. The molecule has 1 heterocycles. The maximum Gasteiger partial charge on any atom is 0.146 e. The van der Waals surface area contributed by atoms with Crippen LogP contribution in [0.4, 0.5) is 0 Å². The molecule has 0 aliphatic heterocycles. The van der Waals surface area contributed by atoms with Crippen molar-refractivity contribution in [2.24, 2.45) is 0 Å². The molecule has 0 aliphatic rings. The quantitative estimate of drug-likeness (QED) is 0.742. The summed E-state index contributed by atoms with van der Waals surface area (Å²) in [6, 6.07) is 14.3. The van der Waals surface area contributed by atoms with Crippen molar-refractivity contribution in [3.05, 3.63) is 60.7 Å². The fourth-order valence-corrected chi connectivity index (χ4v) is 1.79. The monoisotopic (exact) mass is 224 g/mol. The first-order chi connectivity index (χ1) is 8.42. The molecule has 0 bridgehead atoms. The number of fused-ring (bicyclic) bond motifs is 1. The fourth-order valence-electron chi connectivity index (χ4n) is 1.79. The smallest absolute Gasteiger partial charge is 0.146 e. The van der Waals surface area contributed by atoms with E-state index in [1.165, 1.54) is 10.8 Å². The Hall–Kier alpha value is -2.29. The van der Waals surface area contributed by atoms with Crippen LogP contribution in [-0.2, 0) is 6.61 Å². The summed E-state index contributed by atoms with van der Waals surface area (Å²) in [6.07, 6.45) is 3.51. The number of hydrogen-bond donors (Lipinski definition) is 1. The van der Waals surface area contributed by atoms with Gasteiger partial charge in [0.15, 0.2) is 0 Å². The highest BCUT2D eigenvalue weighted by Gasteiger charge is 1.99. The number of imidazole rings is 1. The van der Waals surface area contributed by atoms with Gasteiger partial charge in [0.05, 0.1) is 0 Å². The van der Waals surface area contributed by atoms with Gasteiger partial charge in [-0.2, -0.15) is 0 Å². The zero-order chi connectivity index (χ0) is 11.5. The lowest BCUT2D eigenvalue weighted by Crippen LogP contribution is -1.97. The summed E-state index contributed by atoms with van der Waals surface area (Å²) in [5.41, 5.74) is 0. The van der Waals surface area contributed by atoms with Crippen LogP contribution in [0.5, 0.6) is 5.75 Å². The van der Waals surface area contributed by atoms with Crippen molar-refractivity contribution in [1.82, 2.24) is 9.97 Å². The minimum atomic E-state index is 0.464. The summed E-state index contributed by atoms with van der Waals surface area (Å²) in [5, 5.41) is 2.40. The summed E-state index contributed by atoms with van der Waals surface area (Å²) in [6.45, 7) is 0.464. The van der Waals surface area contributed by atoms with Crippen LogP contribution < -0.4 is 4.74 Å². The minimum absolute atomic E-state index is 0.464. The second-order valence-corrected chi connectivity index (χ2v) is 3.83. The Morgan fingerprint density at radius 2 is 1.94 bits per heavy atom. The van der Waals surface area contributed by atoms with E-state index >= 15 is 0 Å². The molecule has 0 radical (unpaired) electrons. The molecule has 0 atom stereocenters. The van der Waals surface area contributed by atoms with Crippen LogP contribution in [0.15, 0.2) is 54.9 Å². The Morgan fingerprint density at radius 3 is 2.76 bits per heavy atom. The van der Waals surface area contributed by atoms with Crippen molar-refractivity contribution >= 4 is 10.8 Å². The fraction of sp³-hybridized carbons (Fsp3) is 0.0714. The molecule has 0 unspecified atom stereocenters. The topological polar surface area (TPSA) is 37.9 Å². The molecule has 0 aliphatic carbocycles. The predicted molar refractivity (Wildman–Crippen MR) is 66.9 cm³/mol. The van der Waals surface area contributed by atoms with Crippen LogP contribution in [0.2, 0.25) is 0 Å². The Labute approximate surface area is 99.1 Å². The number of rotatable bonds is 3. The first-order valence-electron chi connectivity index (χ1n) is 5.52. The lowest BCUT2D eigenvalue weighted by Gasteiger charge is -2.05. The summed E-state index contributed by atoms with van der Waals surface area (Å²) in [7, 11) is 0. The van der Waals surface area contributed by atoms with Gasteiger partial charge in [0.1, 0.15) is 18.2 Å². The van der Waals surface area contributed by atoms with Gasteiger partial charge in [-0.15, -0.1) is 0 Å². The molecular formula is C14H12N2O. The third-order valence-corrected chi connectivity index (χ3v) is 2.65. The summed E-state index contributed by atoms with van der Waals surface area (Å²) < 4.78 is 5.66. The van der Waals surface area contributed by atoms with Gasteiger partial charge >= 0.3 is 0 Å². The van der Waals surface area contributed by atoms with Gasteiger partial charge < -0.3 is 9.72 Å². The molecule has 3 nitrogen and oxygen atoms in total. The highest BCUT2D eigenvalue weighted by Crippen LogP contribution is 2.20. The largest absolute Gasteiger partial charge is 0.486 e. The average molecular weight is 224 g/mol. The van der Waals surface area contributed by atoms with Gasteiger partial charge in [0.25, 0.3) is 0 Å². The first-order valence-corrected chi connectivity index (χ1v) is 5.52. The van der Waals surface area contributed by atoms with Gasteiger partial charge in [-0.05, 0) is 22.9 Å². The molecule has 84 valence electrons. The van der Waals surface area contributed by atoms with Crippen LogP contribution in [0.3, 0.4) is 0 Å². The lowest BCUT2D eigenvalue weighted by atomic mass is 10.1. The van der Waals surface area contributed by atoms with Crippen molar-refractivity contribution in [2.75, 3.05) is 0 Å². The Morgan fingerprint density at radius 1 is 1.06 bits per heavy atom. The van der Waals surface area contributed by atoms with Crippen LogP contribution in [0.1, 0.15) is 5.82 Å². The molecule has 0 saturated heterocycles. The van der Waals surface area contributed by atoms with E-state index in [0.717, 1.165) is 11.6 Å². The van der Waals surface area contributed by atoms with E-state index in [4.69, 9.17) is 4.74 Å². The molecule has 3 heteroatoms. The predicted octanol–water partition coefficient (Wildman–Crippen LogP) is 3.14. The van der Waals surface area contributed by atoms with Crippen molar-refractivity contribution < 1.29 is 4.74 Å². The van der Waals surface area contributed by atoms with Gasteiger partial charge in [-0.1, -0.05) is 30.3 Å². The van der Waals surface area contributed by atoms with E-state index in [1.54, 1.807) is 12.4 Å². The first kappa shape index (κ1) is 9.90. The minimum Gasteiger partial charge on any atom is -0.486 e. The summed E-state index contributed by atoms with van der Waals surface area (Å²) >= 11 is 0. The number of H-pyrrole nitrogens is 1. The summed E-state index contributed by atoms with van der Waals surface area (Å²) in [4.78, 5) is 7.12. The second-order valence-electron chi connectivity index (χ2n) is 3.83. The maximum absolute atomic E-state index is 5.66. The molecule has 1 aromatic heterocycles. The van der Waals surface area contributed by atoms with E-state index < -0.39 is 0 Å². The molecule has 0 spiro atoms. The standard InChI is InChI=1S/C14H12N2O/c1-2-4-12-9-13(6-5-11(12)3-1)17-10-14-15-7-8-16-14/h1-9H,10H2,(H,15,16). The molecule has 0 saturated carbocycles. The Balaban J connectivity index is 1.81. The van der Waals surface area contributed by atoms with E-state index in [9.17, 15) is 0 Å². The highest BCUT2D eigenvalue weighted by molar-refractivity contribution is 5.83. The maximum atomic E-state index is 5.66. The zero-order valence-electron chi connectivity index (χ0n) is 9.26. The SMILES string of the molecule is c1ccc2cc(OCc3ncc[nH]3)ccc2c1. The molecular weight excluding hydrogens is 212 g/mol. The molecule has 1 N–H and O–H groups in total. The molecule has 0 amide bonds. The number of benzene rings is 2. The van der Waals surface area contributed by atoms with Gasteiger partial charge in [-0.25, -0.2) is 4.98 Å². The third-order valence-electron chi connectivity index (χ3n) is 2.65. The van der Waals surface area contributed by atoms with Gasteiger partial charge in [-0.3, -0.25) is 0 Å². The van der Waals surface area contributed by atoms with Crippen LogP contribution in [0.25, 0.3) is 10.8 Å². The van der Waals surface area contributed by atoms with E-state index in [2.05, 4.69) is 28.2 Å². The summed E-state index contributed by atoms with van der Waals surface area (Å²) in [5.74, 6) is 1.69. The Bertz CT molecular complexity index is 617. The number of nitrogens with one attached hydrogen (secondary N) is 1. The normalized spacial score (nSPS) is 10.6. The van der Waals surface area contributed by atoms with Crippen LogP contribution >= 0.6 is 0 Å². The van der Waals surface area contributed by atoms with Gasteiger partial charge in [0, 0.05) is 12.4 Å². The van der Waals surface area contributed by atoms with Gasteiger partial charge in [0.2, 0.25) is 0 Å². The second kappa shape index (κ2) is 4.29. The highest BCUT2D eigenvalue weighted by atomic mass is 16.5. The number of aromatic nitrogens is 2. The molecule has 3 rings (SSSR count). The number of ether oxygens (including phenoxy) is 1. The number of aromatic amines is 1. The molecule has 0 fully saturated rings. The van der Waals surface area contributed by atoms with E-state index in [1.807, 2.05) is 24.3 Å². The molecule has 17 heavy (non-hydrogen) atoms. The Kier molecular flexibility index (Phi) is 2.50. The van der Waals surface area contributed by atoms with E-state index in [0.29, 0.717) is 6.61 Å². The average Bonchev–Trinajstić information content (AvgIpc) is 2.89. The lowest BCUT2D eigenvalue weighted by molar-refractivity contribution is 0.297. The number of nitrogens with zero attached hydrogens (tertiary/aromatic N) is 1. The van der Waals surface area contributed by atoms with Crippen molar-refractivity contribution in [3.8, 4) is 5.75 Å². The van der Waals surface area contributed by atoms with Crippen LogP contribution in [-0.4, -0.2) is 9.97 Å². The third kappa shape index (κ3) is 2.13. The van der Waals surface area contributed by atoms with E-state index in [-0.39, 0.29) is 0 Å². The van der Waals surface area contributed by atoms with Crippen molar-refractivity contribution in [3.63, 3.8) is 0 Å². The van der Waals surface area contributed by atoms with Crippen molar-refractivity contribution in [2.45, 2.75) is 6.61 Å². The molecule has 3 aromatic rings. The number of hydrogen-bond acceptors (Lipinski definition) is 2. The van der Waals surface area contributed by atoms with Crippen LogP contribution in [0, 0.1) is 0 Å². The molecule has 2 aromatic carbocycles.